The minimum Gasteiger partial charge on any atom is -0.452 e. The van der Waals surface area contributed by atoms with Crippen LogP contribution in [0.15, 0.2) is 16.7 Å². The molecule has 0 atom stereocenters. The molecule has 0 bridgehead atoms. The van der Waals surface area contributed by atoms with Crippen LogP contribution in [0.5, 0.6) is 0 Å². The Kier molecular flexibility index (Phi) is 2.90. The summed E-state index contributed by atoms with van der Waals surface area (Å²) in [7, 11) is 1.33. The van der Waals surface area contributed by atoms with Crippen molar-refractivity contribution in [2.24, 2.45) is 0 Å². The second kappa shape index (κ2) is 4.07. The number of pyridine rings is 1. The van der Waals surface area contributed by atoms with Crippen molar-refractivity contribution >= 4 is 44.7 Å². The molecule has 0 spiro atoms. The molecule has 0 fully saturated rings. The summed E-state index contributed by atoms with van der Waals surface area (Å²) in [5.74, 6) is 0. The van der Waals surface area contributed by atoms with Gasteiger partial charge in [0.1, 0.15) is 0 Å². The first-order valence-corrected chi connectivity index (χ1v) is 5.64. The molecular formula is C10H8BrClN2O2. The van der Waals surface area contributed by atoms with Crippen LogP contribution in [0.2, 0.25) is 5.02 Å². The molecule has 0 amide bonds. The van der Waals surface area contributed by atoms with Crippen LogP contribution in [0.25, 0.3) is 11.0 Å². The van der Waals surface area contributed by atoms with Crippen LogP contribution < -0.4 is 0 Å². The number of nitrogens with zero attached hydrogens (tertiary/aromatic N) is 2. The number of halogens is 2. The summed E-state index contributed by atoms with van der Waals surface area (Å²) in [5, 5.41) is 1.26. The van der Waals surface area contributed by atoms with E-state index in [1.807, 2.05) is 0 Å². The number of rotatable bonds is 0. The highest BCUT2D eigenvalue weighted by Crippen LogP contribution is 2.34. The molecule has 84 valence electrons. The molecule has 4 nitrogen and oxygen atoms in total. The van der Waals surface area contributed by atoms with E-state index in [4.69, 9.17) is 16.3 Å². The van der Waals surface area contributed by atoms with Crippen molar-refractivity contribution in [2.75, 3.05) is 7.11 Å². The lowest BCUT2D eigenvalue weighted by atomic mass is 10.3. The second-order valence-corrected chi connectivity index (χ2v) is 4.40. The lowest BCUT2D eigenvalue weighted by molar-refractivity contribution is 0.173. The summed E-state index contributed by atoms with van der Waals surface area (Å²) in [6, 6.07) is 1.68. The van der Waals surface area contributed by atoms with Crippen LogP contribution in [0, 0.1) is 6.92 Å². The lowest BCUT2D eigenvalue weighted by Gasteiger charge is -2.03. The van der Waals surface area contributed by atoms with Gasteiger partial charge >= 0.3 is 6.09 Å². The smallest absolute Gasteiger partial charge is 0.419 e. The monoisotopic (exact) mass is 302 g/mol. The molecule has 0 unspecified atom stereocenters. The van der Waals surface area contributed by atoms with Gasteiger partial charge in [0.2, 0.25) is 0 Å². The van der Waals surface area contributed by atoms with E-state index in [9.17, 15) is 4.79 Å². The summed E-state index contributed by atoms with van der Waals surface area (Å²) < 4.78 is 6.83. The van der Waals surface area contributed by atoms with Gasteiger partial charge in [0.25, 0.3) is 0 Å². The van der Waals surface area contributed by atoms with Crippen molar-refractivity contribution in [3.8, 4) is 0 Å². The van der Waals surface area contributed by atoms with Crippen molar-refractivity contribution in [3.05, 3.63) is 27.5 Å². The third-order valence-corrected chi connectivity index (χ3v) is 3.61. The second-order valence-electron chi connectivity index (χ2n) is 3.20. The van der Waals surface area contributed by atoms with Gasteiger partial charge in [-0.3, -0.25) is 0 Å². The van der Waals surface area contributed by atoms with E-state index in [0.29, 0.717) is 21.7 Å². The van der Waals surface area contributed by atoms with E-state index in [2.05, 4.69) is 20.9 Å². The van der Waals surface area contributed by atoms with Crippen LogP contribution >= 0.6 is 27.5 Å². The Morgan fingerprint density at radius 3 is 2.94 bits per heavy atom. The molecule has 2 rings (SSSR count). The molecule has 16 heavy (non-hydrogen) atoms. The van der Waals surface area contributed by atoms with E-state index in [0.717, 1.165) is 4.47 Å². The summed E-state index contributed by atoms with van der Waals surface area (Å²) in [6.07, 6.45) is 1.07. The summed E-state index contributed by atoms with van der Waals surface area (Å²) in [6.45, 7) is 1.79. The third-order valence-electron chi connectivity index (χ3n) is 2.32. The average Bonchev–Trinajstić information content (AvgIpc) is 2.52. The van der Waals surface area contributed by atoms with Crippen LogP contribution in [-0.4, -0.2) is 22.8 Å². The summed E-state index contributed by atoms with van der Waals surface area (Å²) >= 11 is 9.46. The molecule has 2 aromatic heterocycles. The van der Waals surface area contributed by atoms with Gasteiger partial charge in [-0.2, -0.15) is 0 Å². The van der Waals surface area contributed by atoms with Gasteiger partial charge in [0.15, 0.2) is 5.65 Å². The predicted molar refractivity (Wildman–Crippen MR) is 65.0 cm³/mol. The first-order valence-electron chi connectivity index (χ1n) is 4.47. The van der Waals surface area contributed by atoms with Gasteiger partial charge in [-0.25, -0.2) is 14.3 Å². The van der Waals surface area contributed by atoms with E-state index >= 15 is 0 Å². The van der Waals surface area contributed by atoms with Gasteiger partial charge in [0, 0.05) is 16.4 Å². The molecule has 2 heterocycles. The van der Waals surface area contributed by atoms with Crippen molar-refractivity contribution in [2.45, 2.75) is 6.92 Å². The Morgan fingerprint density at radius 1 is 1.62 bits per heavy atom. The van der Waals surface area contributed by atoms with Crippen molar-refractivity contribution in [1.82, 2.24) is 9.55 Å². The molecule has 0 radical (unpaired) electrons. The van der Waals surface area contributed by atoms with Crippen LogP contribution in [-0.2, 0) is 4.74 Å². The van der Waals surface area contributed by atoms with Crippen LogP contribution in [0.4, 0.5) is 4.79 Å². The minimum absolute atomic E-state index is 0.483. The Labute approximate surface area is 105 Å². The highest BCUT2D eigenvalue weighted by molar-refractivity contribution is 9.10. The van der Waals surface area contributed by atoms with E-state index in [-0.39, 0.29) is 0 Å². The van der Waals surface area contributed by atoms with Gasteiger partial charge in [0.05, 0.1) is 17.5 Å². The number of aromatic nitrogens is 2. The highest BCUT2D eigenvalue weighted by Gasteiger charge is 2.20. The maximum absolute atomic E-state index is 11.6. The lowest BCUT2D eigenvalue weighted by Crippen LogP contribution is -2.13. The number of ether oxygens (including phenoxy) is 1. The number of hydrogen-bond donors (Lipinski definition) is 0. The van der Waals surface area contributed by atoms with Gasteiger partial charge in [-0.05, 0) is 28.9 Å². The zero-order valence-electron chi connectivity index (χ0n) is 8.62. The molecule has 0 saturated heterocycles. The fraction of sp³-hybridized carbons (Fsp3) is 0.200. The highest BCUT2D eigenvalue weighted by atomic mass is 79.9. The predicted octanol–water partition coefficient (Wildman–Crippen LogP) is 3.38. The molecule has 0 aliphatic carbocycles. The average molecular weight is 304 g/mol. The van der Waals surface area contributed by atoms with Crippen LogP contribution in [0.1, 0.15) is 5.69 Å². The molecule has 0 aliphatic rings. The number of carbonyl (C=O) groups excluding carboxylic acids is 1. The Hall–Kier alpha value is -1.07. The normalized spacial score (nSPS) is 10.8. The number of hydrogen-bond acceptors (Lipinski definition) is 3. The number of methoxy groups -OCH3 is 1. The zero-order chi connectivity index (χ0) is 11.9. The zero-order valence-corrected chi connectivity index (χ0v) is 11.0. The van der Waals surface area contributed by atoms with Gasteiger partial charge < -0.3 is 4.74 Å². The molecule has 0 aliphatic heterocycles. The largest absolute Gasteiger partial charge is 0.452 e. The topological polar surface area (TPSA) is 44.1 Å². The summed E-state index contributed by atoms with van der Waals surface area (Å²) in [4.78, 5) is 15.8. The molecule has 6 heteroatoms. The maximum Gasteiger partial charge on any atom is 0.419 e. The maximum atomic E-state index is 11.6. The van der Waals surface area contributed by atoms with Crippen LogP contribution in [0.3, 0.4) is 0 Å². The molecule has 0 saturated carbocycles. The quantitative estimate of drug-likeness (QED) is 0.749. The third kappa shape index (κ3) is 1.51. The number of fused-ring (bicyclic) bond motifs is 1. The van der Waals surface area contributed by atoms with E-state index in [1.165, 1.54) is 11.7 Å². The van der Waals surface area contributed by atoms with Crippen molar-refractivity contribution in [3.63, 3.8) is 0 Å². The fourth-order valence-corrected chi connectivity index (χ4v) is 2.47. The SMILES string of the molecule is COC(=O)n1c(C)c(Br)c2c(Cl)ccnc21. The molecule has 2 aromatic rings. The molecular weight excluding hydrogens is 295 g/mol. The number of carbonyl (C=O) groups is 1. The Bertz CT molecular complexity index is 580. The summed E-state index contributed by atoms with van der Waals surface area (Å²) in [5.41, 5.74) is 1.20. The fourth-order valence-electron chi connectivity index (χ4n) is 1.55. The van der Waals surface area contributed by atoms with Crippen molar-refractivity contribution < 1.29 is 9.53 Å². The van der Waals surface area contributed by atoms with E-state index < -0.39 is 6.09 Å². The Balaban J connectivity index is 2.90. The van der Waals surface area contributed by atoms with E-state index in [1.54, 1.807) is 19.2 Å². The van der Waals surface area contributed by atoms with Crippen molar-refractivity contribution in [1.29, 1.82) is 0 Å². The van der Waals surface area contributed by atoms with Gasteiger partial charge in [-0.1, -0.05) is 11.6 Å². The van der Waals surface area contributed by atoms with Gasteiger partial charge in [-0.15, -0.1) is 0 Å². The first kappa shape index (κ1) is 11.4. The molecule has 0 aromatic carbocycles. The first-order chi connectivity index (χ1) is 7.57. The minimum atomic E-state index is -0.483. The molecule has 0 N–H and O–H groups in total. The standard InChI is InChI=1S/C10H8BrClN2O2/c1-5-8(11)7-6(12)3-4-13-9(7)14(5)10(15)16-2/h3-4H,1-2H3. The Morgan fingerprint density at radius 2 is 2.31 bits per heavy atom.